The van der Waals surface area contributed by atoms with Crippen molar-refractivity contribution in [2.75, 3.05) is 17.7 Å². The number of aromatic nitrogens is 1. The van der Waals surface area contributed by atoms with Gasteiger partial charge in [-0.2, -0.15) is 0 Å². The highest BCUT2D eigenvalue weighted by Gasteiger charge is 2.26. The second-order valence-corrected chi connectivity index (χ2v) is 7.63. The highest BCUT2D eigenvalue weighted by atomic mass is 16.5. The number of fused-ring (bicyclic) bond motifs is 2. The van der Waals surface area contributed by atoms with E-state index in [9.17, 15) is 4.79 Å². The maximum Gasteiger partial charge on any atom is 0.319 e. The van der Waals surface area contributed by atoms with Gasteiger partial charge in [0.15, 0.2) is 0 Å². The third-order valence-electron chi connectivity index (χ3n) is 5.12. The molecule has 0 radical (unpaired) electrons. The molecule has 1 aromatic heterocycles. The van der Waals surface area contributed by atoms with Gasteiger partial charge in [0.25, 0.3) is 0 Å². The number of hydrogen-bond acceptors (Lipinski definition) is 4. The van der Waals surface area contributed by atoms with Crippen LogP contribution >= 0.6 is 0 Å². The molecule has 0 saturated carbocycles. The van der Waals surface area contributed by atoms with Crippen LogP contribution in [0.1, 0.15) is 37.4 Å². The number of hydrogen-bond donors (Lipinski definition) is 3. The molecule has 3 N–H and O–H groups in total. The molecular weight excluding hydrogens is 364 g/mol. The number of nitrogens with one attached hydrogen (secondary N) is 3. The molecule has 2 aromatic carbocycles. The minimum atomic E-state index is -0.209. The van der Waals surface area contributed by atoms with E-state index in [1.54, 1.807) is 7.11 Å². The maximum absolute atomic E-state index is 11.9. The van der Waals surface area contributed by atoms with E-state index in [2.05, 4.69) is 22.0 Å². The Labute approximate surface area is 170 Å². The van der Waals surface area contributed by atoms with Crippen LogP contribution in [0.4, 0.5) is 16.3 Å². The number of methoxy groups -OCH3 is 1. The molecule has 2 amide bonds. The summed E-state index contributed by atoms with van der Waals surface area (Å²) in [6.07, 6.45) is 2.05. The van der Waals surface area contributed by atoms with Crippen LogP contribution < -0.4 is 20.7 Å². The fraction of sp³-hybridized carbons (Fsp3) is 0.304. The van der Waals surface area contributed by atoms with E-state index >= 15 is 0 Å². The van der Waals surface area contributed by atoms with Crippen LogP contribution in [0.3, 0.4) is 0 Å². The average Bonchev–Trinajstić information content (AvgIpc) is 3.10. The first-order chi connectivity index (χ1) is 14.0. The third kappa shape index (κ3) is 4.11. The largest absolute Gasteiger partial charge is 0.496 e. The number of benzene rings is 2. The van der Waals surface area contributed by atoms with Crippen molar-refractivity contribution in [2.24, 2.45) is 0 Å². The monoisotopic (exact) mass is 390 g/mol. The van der Waals surface area contributed by atoms with Crippen LogP contribution in [0.25, 0.3) is 10.9 Å². The van der Waals surface area contributed by atoms with Crippen LogP contribution in [0.2, 0.25) is 0 Å². The van der Waals surface area contributed by atoms with E-state index in [0.717, 1.165) is 41.0 Å². The Morgan fingerprint density at radius 3 is 2.83 bits per heavy atom. The predicted molar refractivity (Wildman–Crippen MR) is 117 cm³/mol. The fourth-order valence-corrected chi connectivity index (χ4v) is 3.86. The number of aryl methyl sites for hydroxylation is 1. The van der Waals surface area contributed by atoms with Crippen molar-refractivity contribution in [1.82, 2.24) is 10.3 Å². The second kappa shape index (κ2) is 7.99. The minimum Gasteiger partial charge on any atom is -0.496 e. The van der Waals surface area contributed by atoms with Gasteiger partial charge in [-0.25, -0.2) is 9.78 Å². The Kier molecular flexibility index (Phi) is 5.25. The molecule has 1 aliphatic rings. The molecular formula is C23H26N4O2. The molecule has 0 spiro atoms. The maximum atomic E-state index is 11.9. The highest BCUT2D eigenvalue weighted by Crippen LogP contribution is 2.39. The molecule has 0 bridgehead atoms. The Morgan fingerprint density at radius 2 is 2.03 bits per heavy atom. The molecule has 1 unspecified atom stereocenters. The molecule has 29 heavy (non-hydrogen) atoms. The second-order valence-electron chi connectivity index (χ2n) is 7.63. The molecule has 0 aliphatic heterocycles. The molecule has 6 heteroatoms. The molecule has 0 fully saturated rings. The van der Waals surface area contributed by atoms with Gasteiger partial charge in [0, 0.05) is 22.7 Å². The summed E-state index contributed by atoms with van der Waals surface area (Å²) in [5, 5.41) is 10.2. The van der Waals surface area contributed by atoms with Crippen molar-refractivity contribution in [3.63, 3.8) is 0 Å². The number of carbonyl (C=O) groups is 1. The molecule has 0 saturated heterocycles. The molecule has 6 nitrogen and oxygen atoms in total. The van der Waals surface area contributed by atoms with Crippen molar-refractivity contribution >= 4 is 28.4 Å². The predicted octanol–water partition coefficient (Wildman–Crippen LogP) is 4.87. The van der Waals surface area contributed by atoms with Gasteiger partial charge in [-0.1, -0.05) is 12.1 Å². The summed E-state index contributed by atoms with van der Waals surface area (Å²) in [5.41, 5.74) is 4.18. The van der Waals surface area contributed by atoms with Gasteiger partial charge in [0.2, 0.25) is 0 Å². The zero-order valence-corrected chi connectivity index (χ0v) is 17.0. The van der Waals surface area contributed by atoms with Crippen molar-refractivity contribution in [3.05, 3.63) is 59.7 Å². The van der Waals surface area contributed by atoms with Crippen molar-refractivity contribution in [3.8, 4) is 5.75 Å². The zero-order valence-electron chi connectivity index (χ0n) is 17.0. The smallest absolute Gasteiger partial charge is 0.319 e. The first-order valence-electron chi connectivity index (χ1n) is 9.94. The number of carbonyl (C=O) groups excluding carboxylic acids is 1. The normalized spacial score (nSPS) is 15.2. The number of anilines is 2. The number of ether oxygens (including phenoxy) is 1. The number of amides is 2. The number of pyridine rings is 1. The van der Waals surface area contributed by atoms with Crippen LogP contribution in [0.5, 0.6) is 5.75 Å². The van der Waals surface area contributed by atoms with Crippen molar-refractivity contribution < 1.29 is 9.53 Å². The third-order valence-corrected chi connectivity index (χ3v) is 5.12. The Bertz CT molecular complexity index is 1050. The summed E-state index contributed by atoms with van der Waals surface area (Å²) >= 11 is 0. The summed E-state index contributed by atoms with van der Waals surface area (Å²) in [6, 6.07) is 16.0. The van der Waals surface area contributed by atoms with Gasteiger partial charge in [-0.3, -0.25) is 0 Å². The molecule has 150 valence electrons. The summed E-state index contributed by atoms with van der Waals surface area (Å²) in [4.78, 5) is 16.7. The lowest BCUT2D eigenvalue weighted by molar-refractivity contribution is 0.250. The Balaban J connectivity index is 1.52. The van der Waals surface area contributed by atoms with E-state index in [1.807, 2.05) is 56.3 Å². The minimum absolute atomic E-state index is 0.0881. The average molecular weight is 390 g/mol. The topological polar surface area (TPSA) is 75.3 Å². The number of rotatable bonds is 5. The van der Waals surface area contributed by atoms with Gasteiger partial charge in [0.1, 0.15) is 11.6 Å². The van der Waals surface area contributed by atoms with Gasteiger partial charge in [0.05, 0.1) is 18.7 Å². The van der Waals surface area contributed by atoms with E-state index in [4.69, 9.17) is 9.72 Å². The standard InChI is InChI=1S/C23H26N4O2/c1-14(2)24-23(28)25-17-9-11-18-16(13-17)8-12-21(26-18)27-19-10-7-15-5-4-6-20(29-3)22(15)19/h4-6,8-9,11-14,19H,7,10H2,1-3H3,(H,26,27)(H2,24,25,28). The Morgan fingerprint density at radius 1 is 1.17 bits per heavy atom. The van der Waals surface area contributed by atoms with Crippen LogP contribution in [-0.4, -0.2) is 24.2 Å². The summed E-state index contributed by atoms with van der Waals surface area (Å²) in [5.74, 6) is 1.76. The molecule has 4 rings (SSSR count). The zero-order chi connectivity index (χ0) is 20.4. The van der Waals surface area contributed by atoms with E-state index < -0.39 is 0 Å². The summed E-state index contributed by atoms with van der Waals surface area (Å²) in [7, 11) is 1.71. The van der Waals surface area contributed by atoms with Crippen LogP contribution in [-0.2, 0) is 6.42 Å². The first kappa shape index (κ1) is 19.1. The van der Waals surface area contributed by atoms with Crippen LogP contribution in [0.15, 0.2) is 48.5 Å². The van der Waals surface area contributed by atoms with Gasteiger partial charge in [-0.05, 0) is 68.7 Å². The van der Waals surface area contributed by atoms with Crippen molar-refractivity contribution in [2.45, 2.75) is 38.8 Å². The van der Waals surface area contributed by atoms with Gasteiger partial charge >= 0.3 is 6.03 Å². The summed E-state index contributed by atoms with van der Waals surface area (Å²) in [6.45, 7) is 3.85. The lowest BCUT2D eigenvalue weighted by Gasteiger charge is -2.18. The highest BCUT2D eigenvalue weighted by molar-refractivity contribution is 5.93. The fourth-order valence-electron chi connectivity index (χ4n) is 3.86. The molecule has 1 atom stereocenters. The number of nitrogens with zero attached hydrogens (tertiary/aromatic N) is 1. The number of urea groups is 1. The summed E-state index contributed by atoms with van der Waals surface area (Å²) < 4.78 is 5.56. The first-order valence-corrected chi connectivity index (χ1v) is 9.94. The quantitative estimate of drug-likeness (QED) is 0.581. The van der Waals surface area contributed by atoms with Gasteiger partial charge < -0.3 is 20.7 Å². The molecule has 1 aliphatic carbocycles. The van der Waals surface area contributed by atoms with E-state index in [1.165, 1.54) is 11.1 Å². The van der Waals surface area contributed by atoms with E-state index in [-0.39, 0.29) is 18.1 Å². The van der Waals surface area contributed by atoms with Gasteiger partial charge in [-0.15, -0.1) is 0 Å². The molecule has 3 aromatic rings. The lowest BCUT2D eigenvalue weighted by Crippen LogP contribution is -2.34. The SMILES string of the molecule is COc1cccc2c1C(Nc1ccc3cc(NC(=O)NC(C)C)ccc3n1)CC2. The van der Waals surface area contributed by atoms with Crippen LogP contribution in [0, 0.1) is 0 Å². The van der Waals surface area contributed by atoms with Crippen molar-refractivity contribution in [1.29, 1.82) is 0 Å². The lowest BCUT2D eigenvalue weighted by atomic mass is 10.1. The Hall–Kier alpha value is -3.28. The van der Waals surface area contributed by atoms with E-state index in [0.29, 0.717) is 0 Å². The molecule has 1 heterocycles.